The molecule has 3 nitrogen and oxygen atoms in total. The van der Waals surface area contributed by atoms with Crippen LogP contribution < -0.4 is 4.74 Å². The lowest BCUT2D eigenvalue weighted by molar-refractivity contribution is -0.169. The molecule has 2 heterocycles. The minimum absolute atomic E-state index is 0.0325. The highest BCUT2D eigenvalue weighted by atomic mass is 16.5. The molecule has 2 aliphatic rings. The first-order valence-corrected chi connectivity index (χ1v) is 10.5. The fourth-order valence-corrected chi connectivity index (χ4v) is 4.57. The maximum Gasteiger partial charge on any atom is 0.126 e. The second-order valence-electron chi connectivity index (χ2n) is 9.12. The molecule has 1 saturated heterocycles. The molecule has 0 aromatic heterocycles. The summed E-state index contributed by atoms with van der Waals surface area (Å²) in [6, 6.07) is 18.8. The lowest BCUT2D eigenvalue weighted by Gasteiger charge is -2.50. The standard InChI is InChI=1S/C26H31NO2/c1-25(2)22-15-17-26(3,29-24(22)21-13-8-9-14-23(21)28-25)16-10-18-27(4)19-20-11-6-5-7-12-20/h5-9,11-14,22,24H,15,17-19H2,1-4H3/t22-,24-,26+/m0/s1. The number of hydrogen-bond donors (Lipinski definition) is 0. The predicted octanol–water partition coefficient (Wildman–Crippen LogP) is 5.22. The van der Waals surface area contributed by atoms with E-state index in [1.807, 2.05) is 18.2 Å². The topological polar surface area (TPSA) is 21.7 Å². The summed E-state index contributed by atoms with van der Waals surface area (Å²) in [5.41, 5.74) is 1.81. The van der Waals surface area contributed by atoms with Gasteiger partial charge < -0.3 is 9.47 Å². The van der Waals surface area contributed by atoms with Crippen molar-refractivity contribution in [1.82, 2.24) is 4.90 Å². The Balaban J connectivity index is 1.46. The maximum atomic E-state index is 6.67. The molecule has 29 heavy (non-hydrogen) atoms. The van der Waals surface area contributed by atoms with Gasteiger partial charge in [-0.25, -0.2) is 0 Å². The van der Waals surface area contributed by atoms with Gasteiger partial charge >= 0.3 is 0 Å². The van der Waals surface area contributed by atoms with Gasteiger partial charge in [0.25, 0.3) is 0 Å². The lowest BCUT2D eigenvalue weighted by Crippen LogP contribution is -2.50. The molecule has 3 atom stereocenters. The van der Waals surface area contributed by atoms with E-state index in [9.17, 15) is 0 Å². The van der Waals surface area contributed by atoms with Gasteiger partial charge in [-0.2, -0.15) is 0 Å². The quantitative estimate of drug-likeness (QED) is 0.672. The van der Waals surface area contributed by atoms with Gasteiger partial charge in [0, 0.05) is 18.0 Å². The third kappa shape index (κ3) is 4.34. The molecule has 0 bridgehead atoms. The van der Waals surface area contributed by atoms with E-state index in [1.165, 1.54) is 5.56 Å². The van der Waals surface area contributed by atoms with Crippen molar-refractivity contribution in [2.75, 3.05) is 13.6 Å². The van der Waals surface area contributed by atoms with Gasteiger partial charge in [0.15, 0.2) is 0 Å². The molecule has 0 spiro atoms. The Hall–Kier alpha value is -2.28. The molecular weight excluding hydrogens is 358 g/mol. The monoisotopic (exact) mass is 389 g/mol. The first-order valence-electron chi connectivity index (χ1n) is 10.5. The van der Waals surface area contributed by atoms with Crippen LogP contribution in [0.3, 0.4) is 0 Å². The van der Waals surface area contributed by atoms with E-state index >= 15 is 0 Å². The van der Waals surface area contributed by atoms with E-state index in [0.717, 1.165) is 37.2 Å². The lowest BCUT2D eigenvalue weighted by atomic mass is 9.73. The molecule has 2 aromatic carbocycles. The second-order valence-corrected chi connectivity index (χ2v) is 9.12. The molecule has 0 amide bonds. The van der Waals surface area contributed by atoms with Crippen LogP contribution in [0, 0.1) is 17.8 Å². The van der Waals surface area contributed by atoms with Crippen LogP contribution in [0.25, 0.3) is 0 Å². The first-order chi connectivity index (χ1) is 13.9. The molecule has 3 heteroatoms. The summed E-state index contributed by atoms with van der Waals surface area (Å²) in [5.74, 6) is 8.11. The summed E-state index contributed by atoms with van der Waals surface area (Å²) in [6.07, 6.45) is 2.01. The average molecular weight is 390 g/mol. The fourth-order valence-electron chi connectivity index (χ4n) is 4.57. The highest BCUT2D eigenvalue weighted by Crippen LogP contribution is 2.52. The molecule has 2 aliphatic heterocycles. The summed E-state index contributed by atoms with van der Waals surface area (Å²) >= 11 is 0. The third-order valence-corrected chi connectivity index (χ3v) is 6.17. The number of hydrogen-bond acceptors (Lipinski definition) is 3. The van der Waals surface area contributed by atoms with Crippen molar-refractivity contribution in [3.8, 4) is 17.6 Å². The Kier molecular flexibility index (Phi) is 5.42. The normalized spacial score (nSPS) is 27.2. The van der Waals surface area contributed by atoms with E-state index in [0.29, 0.717) is 5.92 Å². The van der Waals surface area contributed by atoms with Crippen LogP contribution in [0.5, 0.6) is 5.75 Å². The van der Waals surface area contributed by atoms with Crippen LogP contribution in [0.1, 0.15) is 50.8 Å². The summed E-state index contributed by atoms with van der Waals surface area (Å²) in [4.78, 5) is 2.24. The van der Waals surface area contributed by atoms with Gasteiger partial charge in [-0.1, -0.05) is 60.4 Å². The van der Waals surface area contributed by atoms with Crippen molar-refractivity contribution in [2.45, 2.75) is 57.5 Å². The van der Waals surface area contributed by atoms with Crippen LogP contribution in [0.4, 0.5) is 0 Å². The van der Waals surface area contributed by atoms with Gasteiger partial charge in [0.2, 0.25) is 0 Å². The van der Waals surface area contributed by atoms with Crippen molar-refractivity contribution in [3.05, 3.63) is 65.7 Å². The van der Waals surface area contributed by atoms with Crippen molar-refractivity contribution >= 4 is 0 Å². The predicted molar refractivity (Wildman–Crippen MR) is 117 cm³/mol. The molecule has 152 valence electrons. The number of para-hydroxylation sites is 1. The molecule has 0 radical (unpaired) electrons. The summed E-state index contributed by atoms with van der Waals surface area (Å²) in [5, 5.41) is 0. The second kappa shape index (κ2) is 7.86. The number of nitrogens with zero attached hydrogens (tertiary/aromatic N) is 1. The summed E-state index contributed by atoms with van der Waals surface area (Å²) in [7, 11) is 2.11. The number of ether oxygens (including phenoxy) is 2. The fraction of sp³-hybridized carbons (Fsp3) is 0.462. The molecule has 0 unspecified atom stereocenters. The van der Waals surface area contributed by atoms with Gasteiger partial charge in [-0.3, -0.25) is 4.90 Å². The summed E-state index contributed by atoms with van der Waals surface area (Å²) in [6.45, 7) is 8.12. The minimum atomic E-state index is -0.421. The van der Waals surface area contributed by atoms with Gasteiger partial charge in [-0.15, -0.1) is 0 Å². The molecule has 1 fully saturated rings. The molecular formula is C26H31NO2. The Morgan fingerprint density at radius 1 is 1.03 bits per heavy atom. The molecule has 0 saturated carbocycles. The Bertz CT molecular complexity index is 911. The van der Waals surface area contributed by atoms with E-state index in [4.69, 9.17) is 9.47 Å². The number of rotatable bonds is 3. The zero-order valence-electron chi connectivity index (χ0n) is 17.9. The van der Waals surface area contributed by atoms with E-state index in [-0.39, 0.29) is 11.7 Å². The van der Waals surface area contributed by atoms with Crippen molar-refractivity contribution in [2.24, 2.45) is 5.92 Å². The van der Waals surface area contributed by atoms with Crippen molar-refractivity contribution < 1.29 is 9.47 Å². The van der Waals surface area contributed by atoms with Gasteiger partial charge in [0.05, 0.1) is 12.6 Å². The smallest absolute Gasteiger partial charge is 0.126 e. The average Bonchev–Trinajstić information content (AvgIpc) is 2.68. The minimum Gasteiger partial charge on any atom is -0.487 e. The first kappa shape index (κ1) is 20.0. The van der Waals surface area contributed by atoms with Gasteiger partial charge in [-0.05, 0) is 52.3 Å². The van der Waals surface area contributed by atoms with E-state index in [2.05, 4.69) is 81.0 Å². The number of fused-ring (bicyclic) bond motifs is 3. The van der Waals surface area contributed by atoms with Crippen LogP contribution in [-0.4, -0.2) is 29.7 Å². The largest absolute Gasteiger partial charge is 0.487 e. The van der Waals surface area contributed by atoms with Crippen molar-refractivity contribution in [3.63, 3.8) is 0 Å². The van der Waals surface area contributed by atoms with Crippen LogP contribution >= 0.6 is 0 Å². The molecule has 0 N–H and O–H groups in total. The Morgan fingerprint density at radius 3 is 2.55 bits per heavy atom. The van der Waals surface area contributed by atoms with Crippen LogP contribution in [0.15, 0.2) is 54.6 Å². The summed E-state index contributed by atoms with van der Waals surface area (Å²) < 4.78 is 13.0. The van der Waals surface area contributed by atoms with E-state index in [1.54, 1.807) is 0 Å². The van der Waals surface area contributed by atoms with Crippen LogP contribution in [-0.2, 0) is 11.3 Å². The Morgan fingerprint density at radius 2 is 1.76 bits per heavy atom. The zero-order valence-corrected chi connectivity index (χ0v) is 17.9. The third-order valence-electron chi connectivity index (χ3n) is 6.17. The van der Waals surface area contributed by atoms with E-state index < -0.39 is 5.60 Å². The molecule has 0 aliphatic carbocycles. The SMILES string of the molecule is CN(CC#C[C@]1(C)CC[C@H]2[C@@H](O1)c1ccccc1OC2(C)C)Cc1ccccc1. The van der Waals surface area contributed by atoms with Crippen LogP contribution in [0.2, 0.25) is 0 Å². The highest BCUT2D eigenvalue weighted by Gasteiger charge is 2.49. The highest BCUT2D eigenvalue weighted by molar-refractivity contribution is 5.39. The van der Waals surface area contributed by atoms with Crippen molar-refractivity contribution in [1.29, 1.82) is 0 Å². The number of benzene rings is 2. The van der Waals surface area contributed by atoms with Gasteiger partial charge in [0.1, 0.15) is 17.0 Å². The molecule has 4 rings (SSSR count). The Labute approximate surface area is 175 Å². The maximum absolute atomic E-state index is 6.67. The zero-order chi connectivity index (χ0) is 20.5. The molecule has 2 aromatic rings.